The number of nitrogens with zero attached hydrogens (tertiary/aromatic N) is 3. The van der Waals surface area contributed by atoms with E-state index in [9.17, 15) is 27.6 Å². The van der Waals surface area contributed by atoms with E-state index in [0.29, 0.717) is 30.2 Å². The van der Waals surface area contributed by atoms with Gasteiger partial charge in [0.15, 0.2) is 0 Å². The molecule has 41 heavy (non-hydrogen) atoms. The molecule has 0 saturated carbocycles. The van der Waals surface area contributed by atoms with Crippen molar-refractivity contribution >= 4 is 29.5 Å². The zero-order valence-electron chi connectivity index (χ0n) is 23.0. The summed E-state index contributed by atoms with van der Waals surface area (Å²) in [5.74, 6) is -0.941. The lowest BCUT2D eigenvalue weighted by Crippen LogP contribution is -2.56. The number of nitrogens with one attached hydrogen (secondary N) is 1. The van der Waals surface area contributed by atoms with Crippen LogP contribution in [0.15, 0.2) is 59.8 Å². The molecule has 2 aliphatic rings. The topological polar surface area (TPSA) is 82.2 Å². The van der Waals surface area contributed by atoms with Gasteiger partial charge in [0.1, 0.15) is 0 Å². The largest absolute Gasteiger partial charge is 0.463 e. The van der Waals surface area contributed by atoms with Crippen molar-refractivity contribution < 1.29 is 32.3 Å². The minimum Gasteiger partial charge on any atom is -0.463 e. The van der Waals surface area contributed by atoms with Crippen molar-refractivity contribution in [2.75, 3.05) is 39.3 Å². The van der Waals surface area contributed by atoms with Crippen molar-refractivity contribution in [1.82, 2.24) is 20.0 Å². The quantitative estimate of drug-likeness (QED) is 0.452. The Morgan fingerprint density at radius 2 is 1.76 bits per heavy atom. The molecule has 2 heterocycles. The Morgan fingerprint density at radius 3 is 2.37 bits per heavy atom. The van der Waals surface area contributed by atoms with Crippen molar-refractivity contribution in [3.8, 4) is 0 Å². The molecule has 0 spiro atoms. The summed E-state index contributed by atoms with van der Waals surface area (Å²) in [6, 6.07) is 9.33. The van der Waals surface area contributed by atoms with Gasteiger partial charge in [0, 0.05) is 55.0 Å². The first-order valence-electron chi connectivity index (χ1n) is 13.4. The van der Waals surface area contributed by atoms with Crippen molar-refractivity contribution in [3.63, 3.8) is 0 Å². The number of carbonyl (C=O) groups is 3. The lowest BCUT2D eigenvalue weighted by molar-refractivity contribution is -0.141. The van der Waals surface area contributed by atoms with Crippen LogP contribution in [-0.2, 0) is 15.7 Å². The average Bonchev–Trinajstić information content (AvgIpc) is 2.92. The van der Waals surface area contributed by atoms with E-state index >= 15 is 0 Å². The number of alkyl halides is 3. The fourth-order valence-corrected chi connectivity index (χ4v) is 5.47. The van der Waals surface area contributed by atoms with Crippen LogP contribution in [0.1, 0.15) is 48.3 Å². The molecule has 2 atom stereocenters. The second-order valence-corrected chi connectivity index (χ2v) is 10.3. The van der Waals surface area contributed by atoms with Gasteiger partial charge in [-0.05, 0) is 56.7 Å². The molecule has 2 aromatic rings. The van der Waals surface area contributed by atoms with Gasteiger partial charge in [-0.25, -0.2) is 9.59 Å². The summed E-state index contributed by atoms with van der Waals surface area (Å²) in [6.07, 6.45) is -4.70. The first kappa shape index (κ1) is 30.4. The number of hydrogen-bond acceptors (Lipinski definition) is 5. The average molecular weight is 593 g/mol. The van der Waals surface area contributed by atoms with Gasteiger partial charge < -0.3 is 15.0 Å². The van der Waals surface area contributed by atoms with Crippen molar-refractivity contribution in [2.45, 2.75) is 39.0 Å². The molecular formula is C29H32ClF3N4O4. The number of benzene rings is 2. The van der Waals surface area contributed by atoms with Crippen LogP contribution >= 0.6 is 11.6 Å². The van der Waals surface area contributed by atoms with E-state index in [1.54, 1.807) is 43.0 Å². The Morgan fingerprint density at radius 1 is 1.07 bits per heavy atom. The second kappa shape index (κ2) is 12.5. The zero-order valence-corrected chi connectivity index (χ0v) is 23.8. The van der Waals surface area contributed by atoms with Crippen LogP contribution in [0.25, 0.3) is 0 Å². The second-order valence-electron chi connectivity index (χ2n) is 9.88. The smallest absolute Gasteiger partial charge is 0.416 e. The van der Waals surface area contributed by atoms with Gasteiger partial charge in [-0.2, -0.15) is 13.2 Å². The van der Waals surface area contributed by atoms with Gasteiger partial charge in [-0.3, -0.25) is 14.6 Å². The molecule has 2 aromatic carbocycles. The Labute approximate surface area is 241 Å². The molecule has 0 aromatic heterocycles. The summed E-state index contributed by atoms with van der Waals surface area (Å²) in [6.45, 7) is 6.74. The van der Waals surface area contributed by atoms with E-state index in [-0.39, 0.29) is 48.5 Å². The standard InChI is InChI=1S/C29H32ClF3N4O4/c1-4-36-23(17-35-14-15-37(18(3)16-35)26(38)19-10-12-20(30)13-11-19)24(27(39)41-5-2)25(34-28(36)40)21-8-6-7-9-22(21)29(31,32)33/h6-13,18,25H,4-5,14-17H2,1-3H3,(H,34,40)/t18-,25+/m1/s1. The van der Waals surface area contributed by atoms with E-state index in [1.807, 2.05) is 11.8 Å². The van der Waals surface area contributed by atoms with Gasteiger partial charge in [0.05, 0.1) is 23.8 Å². The third-order valence-electron chi connectivity index (χ3n) is 7.26. The summed E-state index contributed by atoms with van der Waals surface area (Å²) in [4.78, 5) is 44.7. The lowest BCUT2D eigenvalue weighted by Gasteiger charge is -2.43. The summed E-state index contributed by atoms with van der Waals surface area (Å²) >= 11 is 5.95. The van der Waals surface area contributed by atoms with E-state index in [0.717, 1.165) is 6.07 Å². The van der Waals surface area contributed by atoms with Crippen LogP contribution in [-0.4, -0.2) is 78.0 Å². The number of hydrogen-bond donors (Lipinski definition) is 1. The SMILES string of the molecule is CCOC(=O)C1=C(CN2CCN(C(=O)c3ccc(Cl)cc3)[C@H](C)C2)N(CC)C(=O)N[C@H]1c1ccccc1C(F)(F)F. The molecule has 220 valence electrons. The van der Waals surface area contributed by atoms with Crippen molar-refractivity contribution in [3.05, 3.63) is 81.5 Å². The molecule has 8 nitrogen and oxygen atoms in total. The fraction of sp³-hybridized carbons (Fsp3) is 0.414. The summed E-state index contributed by atoms with van der Waals surface area (Å²) in [5.41, 5.74) is -0.441. The molecule has 1 N–H and O–H groups in total. The minimum absolute atomic E-state index is 0.00579. The first-order chi connectivity index (χ1) is 19.5. The molecule has 3 amide bonds. The number of esters is 1. The lowest BCUT2D eigenvalue weighted by atomic mass is 9.90. The van der Waals surface area contributed by atoms with E-state index < -0.39 is 29.8 Å². The molecule has 0 bridgehead atoms. The molecule has 0 radical (unpaired) electrons. The van der Waals surface area contributed by atoms with Crippen LogP contribution in [0.5, 0.6) is 0 Å². The van der Waals surface area contributed by atoms with Crippen molar-refractivity contribution in [2.24, 2.45) is 0 Å². The predicted molar refractivity (Wildman–Crippen MR) is 147 cm³/mol. The van der Waals surface area contributed by atoms with Crippen LogP contribution in [0.2, 0.25) is 5.02 Å². The van der Waals surface area contributed by atoms with Gasteiger partial charge in [-0.1, -0.05) is 29.8 Å². The Bertz CT molecular complexity index is 1330. The molecule has 1 saturated heterocycles. The highest BCUT2D eigenvalue weighted by Gasteiger charge is 2.43. The highest BCUT2D eigenvalue weighted by Crippen LogP contribution is 2.39. The molecule has 4 rings (SSSR count). The molecule has 12 heteroatoms. The molecular weight excluding hydrogens is 561 g/mol. The molecule has 2 aliphatic heterocycles. The number of amides is 3. The van der Waals surface area contributed by atoms with Gasteiger partial charge in [0.25, 0.3) is 5.91 Å². The zero-order chi connectivity index (χ0) is 29.9. The van der Waals surface area contributed by atoms with Gasteiger partial charge in [-0.15, -0.1) is 0 Å². The van der Waals surface area contributed by atoms with Crippen LogP contribution in [0, 0.1) is 0 Å². The Balaban J connectivity index is 1.68. The Kier molecular flexibility index (Phi) is 9.28. The fourth-order valence-electron chi connectivity index (χ4n) is 5.35. The van der Waals surface area contributed by atoms with Gasteiger partial charge >= 0.3 is 18.2 Å². The Hall–Kier alpha value is -3.57. The number of halogens is 4. The predicted octanol–water partition coefficient (Wildman–Crippen LogP) is 5.11. The van der Waals surface area contributed by atoms with E-state index in [1.165, 1.54) is 23.1 Å². The summed E-state index contributed by atoms with van der Waals surface area (Å²) in [7, 11) is 0. The van der Waals surface area contributed by atoms with E-state index in [2.05, 4.69) is 5.32 Å². The first-order valence-corrected chi connectivity index (χ1v) is 13.8. The number of likely N-dealkylation sites (N-methyl/N-ethyl adjacent to an activating group) is 1. The number of rotatable bonds is 7. The number of carbonyl (C=O) groups excluding carboxylic acids is 3. The number of ether oxygens (including phenoxy) is 1. The van der Waals surface area contributed by atoms with E-state index in [4.69, 9.17) is 16.3 Å². The maximum Gasteiger partial charge on any atom is 0.416 e. The highest BCUT2D eigenvalue weighted by atomic mass is 35.5. The van der Waals surface area contributed by atoms with Crippen molar-refractivity contribution in [1.29, 1.82) is 0 Å². The highest BCUT2D eigenvalue weighted by molar-refractivity contribution is 6.30. The summed E-state index contributed by atoms with van der Waals surface area (Å²) < 4.78 is 47.2. The minimum atomic E-state index is -4.70. The monoisotopic (exact) mass is 592 g/mol. The maximum absolute atomic E-state index is 14.0. The number of urea groups is 1. The summed E-state index contributed by atoms with van der Waals surface area (Å²) in [5, 5.41) is 3.13. The third-order valence-corrected chi connectivity index (χ3v) is 7.52. The molecule has 1 fully saturated rings. The maximum atomic E-state index is 14.0. The van der Waals surface area contributed by atoms with Crippen LogP contribution in [0.3, 0.4) is 0 Å². The third kappa shape index (κ3) is 6.51. The normalized spacial score (nSPS) is 20.2. The molecule has 0 unspecified atom stereocenters. The number of piperazine rings is 1. The van der Waals surface area contributed by atoms with Crippen LogP contribution in [0.4, 0.5) is 18.0 Å². The molecule has 0 aliphatic carbocycles. The van der Waals surface area contributed by atoms with Crippen LogP contribution < -0.4 is 5.32 Å². The van der Waals surface area contributed by atoms with Gasteiger partial charge in [0.2, 0.25) is 0 Å².